The number of halogens is 3. The normalized spacial score (nSPS) is 12.4. The van der Waals surface area contributed by atoms with E-state index >= 15 is 0 Å². The van der Waals surface area contributed by atoms with Crippen LogP contribution in [0.4, 0.5) is 13.2 Å². The van der Waals surface area contributed by atoms with Crippen molar-refractivity contribution in [3.8, 4) is 11.5 Å². The fourth-order valence-electron chi connectivity index (χ4n) is 2.30. The summed E-state index contributed by atoms with van der Waals surface area (Å²) in [6, 6.07) is 11.3. The minimum Gasteiger partial charge on any atom is -0.496 e. The molecule has 2 aromatic rings. The predicted octanol–water partition coefficient (Wildman–Crippen LogP) is 3.97. The second kappa shape index (κ2) is 7.92. The molecule has 0 fully saturated rings. The number of benzene rings is 2. The minimum absolute atomic E-state index is 0.0186. The van der Waals surface area contributed by atoms with Crippen molar-refractivity contribution in [2.24, 2.45) is 0 Å². The molecule has 0 saturated heterocycles. The topological polar surface area (TPSA) is 47.6 Å². The van der Waals surface area contributed by atoms with E-state index in [0.717, 1.165) is 17.7 Å². The third-order valence-corrected chi connectivity index (χ3v) is 3.51. The van der Waals surface area contributed by atoms with Gasteiger partial charge in [-0.3, -0.25) is 4.79 Å². The zero-order chi connectivity index (χ0) is 18.4. The van der Waals surface area contributed by atoms with Crippen LogP contribution in [0.5, 0.6) is 11.5 Å². The maximum Gasteiger partial charge on any atom is 0.416 e. The first-order chi connectivity index (χ1) is 11.8. The van der Waals surface area contributed by atoms with E-state index in [9.17, 15) is 18.0 Å². The van der Waals surface area contributed by atoms with Gasteiger partial charge in [0.15, 0.2) is 6.61 Å². The quantitative estimate of drug-likeness (QED) is 0.855. The van der Waals surface area contributed by atoms with Gasteiger partial charge in [-0.1, -0.05) is 24.3 Å². The lowest BCUT2D eigenvalue weighted by molar-refractivity contribution is -0.137. The molecule has 0 bridgehead atoms. The number of rotatable bonds is 6. The lowest BCUT2D eigenvalue weighted by Gasteiger charge is -2.17. The van der Waals surface area contributed by atoms with Gasteiger partial charge < -0.3 is 14.8 Å². The summed E-state index contributed by atoms with van der Waals surface area (Å²) in [5, 5.41) is 2.72. The first-order valence-electron chi connectivity index (χ1n) is 7.53. The molecule has 0 spiro atoms. The molecule has 0 aromatic heterocycles. The Morgan fingerprint density at radius 3 is 2.56 bits per heavy atom. The summed E-state index contributed by atoms with van der Waals surface area (Å²) in [7, 11) is 1.53. The Morgan fingerprint density at radius 2 is 1.88 bits per heavy atom. The first kappa shape index (κ1) is 18.6. The molecule has 0 aliphatic carbocycles. The summed E-state index contributed by atoms with van der Waals surface area (Å²) < 4.78 is 48.3. The molecule has 0 radical (unpaired) electrons. The summed E-state index contributed by atoms with van der Waals surface area (Å²) in [6.07, 6.45) is -4.46. The Hall–Kier alpha value is -2.70. The number of ether oxygens (including phenoxy) is 2. The average Bonchev–Trinajstić information content (AvgIpc) is 2.59. The maximum absolute atomic E-state index is 12.7. The SMILES string of the molecule is COc1ccccc1[C@@H](C)NC(=O)COc1cccc(C(F)(F)F)c1. The molecule has 4 nitrogen and oxygen atoms in total. The molecule has 0 saturated carbocycles. The molecule has 1 atom stereocenters. The van der Waals surface area contributed by atoms with Gasteiger partial charge in [-0.15, -0.1) is 0 Å². The van der Waals surface area contributed by atoms with E-state index in [-0.39, 0.29) is 18.4 Å². The van der Waals surface area contributed by atoms with Gasteiger partial charge >= 0.3 is 6.18 Å². The second-order valence-corrected chi connectivity index (χ2v) is 5.35. The molecular formula is C18H18F3NO3. The van der Waals surface area contributed by atoms with Crippen molar-refractivity contribution in [1.29, 1.82) is 0 Å². The van der Waals surface area contributed by atoms with Crippen molar-refractivity contribution in [2.45, 2.75) is 19.1 Å². The zero-order valence-electron chi connectivity index (χ0n) is 13.8. The summed E-state index contributed by atoms with van der Waals surface area (Å²) in [6.45, 7) is 1.39. The predicted molar refractivity (Wildman–Crippen MR) is 86.5 cm³/mol. The van der Waals surface area contributed by atoms with Crippen LogP contribution in [0.1, 0.15) is 24.1 Å². The van der Waals surface area contributed by atoms with Crippen molar-refractivity contribution in [3.63, 3.8) is 0 Å². The molecule has 0 aliphatic heterocycles. The summed E-state index contributed by atoms with van der Waals surface area (Å²) >= 11 is 0. The number of nitrogens with one attached hydrogen (secondary N) is 1. The number of alkyl halides is 3. The van der Waals surface area contributed by atoms with Gasteiger partial charge in [-0.05, 0) is 31.2 Å². The molecule has 1 amide bonds. The number of methoxy groups -OCH3 is 1. The van der Waals surface area contributed by atoms with Crippen LogP contribution in [0.25, 0.3) is 0 Å². The largest absolute Gasteiger partial charge is 0.496 e. The Balaban J connectivity index is 1.95. The van der Waals surface area contributed by atoms with Gasteiger partial charge in [-0.2, -0.15) is 13.2 Å². The Bertz CT molecular complexity index is 732. The lowest BCUT2D eigenvalue weighted by atomic mass is 10.1. The van der Waals surface area contributed by atoms with Gasteiger partial charge in [0.05, 0.1) is 18.7 Å². The molecule has 7 heteroatoms. The third kappa shape index (κ3) is 5.14. The van der Waals surface area contributed by atoms with Crippen LogP contribution in [0, 0.1) is 0 Å². The van der Waals surface area contributed by atoms with Crippen LogP contribution in [0.2, 0.25) is 0 Å². The van der Waals surface area contributed by atoms with Crippen molar-refractivity contribution in [1.82, 2.24) is 5.32 Å². The average molecular weight is 353 g/mol. The number of hydrogen-bond donors (Lipinski definition) is 1. The lowest BCUT2D eigenvalue weighted by Crippen LogP contribution is -2.31. The van der Waals surface area contributed by atoms with Gasteiger partial charge in [0.1, 0.15) is 11.5 Å². The summed E-state index contributed by atoms with van der Waals surface area (Å²) in [5.74, 6) is 0.167. The highest BCUT2D eigenvalue weighted by atomic mass is 19.4. The minimum atomic E-state index is -4.46. The van der Waals surface area contributed by atoms with E-state index in [1.807, 2.05) is 18.2 Å². The molecule has 134 valence electrons. The van der Waals surface area contributed by atoms with Gasteiger partial charge in [0.2, 0.25) is 0 Å². The van der Waals surface area contributed by atoms with E-state index in [2.05, 4.69) is 5.32 Å². The van der Waals surface area contributed by atoms with Crippen LogP contribution >= 0.6 is 0 Å². The third-order valence-electron chi connectivity index (χ3n) is 3.51. The molecule has 0 heterocycles. The molecule has 2 aromatic carbocycles. The molecule has 0 aliphatic rings. The van der Waals surface area contributed by atoms with E-state index in [1.54, 1.807) is 13.0 Å². The van der Waals surface area contributed by atoms with Gasteiger partial charge in [-0.25, -0.2) is 0 Å². The highest BCUT2D eigenvalue weighted by Gasteiger charge is 2.30. The highest BCUT2D eigenvalue weighted by molar-refractivity contribution is 5.78. The second-order valence-electron chi connectivity index (χ2n) is 5.35. The van der Waals surface area contributed by atoms with Crippen LogP contribution < -0.4 is 14.8 Å². The molecule has 25 heavy (non-hydrogen) atoms. The number of hydrogen-bond acceptors (Lipinski definition) is 3. The molecule has 0 unspecified atom stereocenters. The Labute approximate surface area is 143 Å². The van der Waals surface area contributed by atoms with Crippen LogP contribution in [0.15, 0.2) is 48.5 Å². The van der Waals surface area contributed by atoms with Gasteiger partial charge in [0, 0.05) is 5.56 Å². The number of carbonyl (C=O) groups excluding carboxylic acids is 1. The summed E-state index contributed by atoms with van der Waals surface area (Å²) in [5.41, 5.74) is -0.0368. The maximum atomic E-state index is 12.7. The summed E-state index contributed by atoms with van der Waals surface area (Å²) in [4.78, 5) is 12.0. The molecular weight excluding hydrogens is 335 g/mol. The monoisotopic (exact) mass is 353 g/mol. The van der Waals surface area contributed by atoms with E-state index in [1.165, 1.54) is 19.2 Å². The standard InChI is InChI=1S/C18H18F3NO3/c1-12(15-8-3-4-9-16(15)24-2)22-17(23)11-25-14-7-5-6-13(10-14)18(19,20)21/h3-10,12H,11H2,1-2H3,(H,22,23)/t12-/m1/s1. The van der Waals surface area contributed by atoms with Crippen LogP contribution in [0.3, 0.4) is 0 Å². The zero-order valence-corrected chi connectivity index (χ0v) is 13.8. The number of para-hydroxylation sites is 1. The molecule has 2 rings (SSSR count). The van der Waals surface area contributed by atoms with E-state index in [4.69, 9.17) is 9.47 Å². The Kier molecular flexibility index (Phi) is 5.90. The van der Waals surface area contributed by atoms with Crippen molar-refractivity contribution < 1.29 is 27.4 Å². The smallest absolute Gasteiger partial charge is 0.416 e. The first-order valence-corrected chi connectivity index (χ1v) is 7.53. The number of carbonyl (C=O) groups is 1. The number of amides is 1. The van der Waals surface area contributed by atoms with Crippen molar-refractivity contribution in [2.75, 3.05) is 13.7 Å². The van der Waals surface area contributed by atoms with Crippen molar-refractivity contribution in [3.05, 3.63) is 59.7 Å². The van der Waals surface area contributed by atoms with Gasteiger partial charge in [0.25, 0.3) is 5.91 Å². The van der Waals surface area contributed by atoms with E-state index < -0.39 is 17.6 Å². The molecule has 1 N–H and O–H groups in total. The fraction of sp³-hybridized carbons (Fsp3) is 0.278. The Morgan fingerprint density at radius 1 is 1.16 bits per heavy atom. The van der Waals surface area contributed by atoms with Crippen LogP contribution in [-0.4, -0.2) is 19.6 Å². The fourth-order valence-corrected chi connectivity index (χ4v) is 2.30. The highest BCUT2D eigenvalue weighted by Crippen LogP contribution is 2.31. The van der Waals surface area contributed by atoms with E-state index in [0.29, 0.717) is 5.75 Å². The van der Waals surface area contributed by atoms with Crippen molar-refractivity contribution >= 4 is 5.91 Å². The van der Waals surface area contributed by atoms with Crippen LogP contribution in [-0.2, 0) is 11.0 Å².